The molecule has 1 saturated heterocycles. The number of hydrogen-bond donors (Lipinski definition) is 2. The lowest BCUT2D eigenvalue weighted by Gasteiger charge is -2.26. The minimum Gasteiger partial charge on any atom is -0.379 e. The topological polar surface area (TPSA) is 87.7 Å². The van der Waals surface area contributed by atoms with Crippen LogP contribution in [0.5, 0.6) is 0 Å². The van der Waals surface area contributed by atoms with E-state index < -0.39 is 10.0 Å². The van der Waals surface area contributed by atoms with E-state index >= 15 is 0 Å². The van der Waals surface area contributed by atoms with Gasteiger partial charge in [-0.05, 0) is 55.7 Å². The number of ether oxygens (including phenoxy) is 1. The van der Waals surface area contributed by atoms with Crippen molar-refractivity contribution in [1.29, 1.82) is 0 Å². The molecule has 0 bridgehead atoms. The van der Waals surface area contributed by atoms with Crippen LogP contribution in [-0.4, -0.2) is 51.5 Å². The summed E-state index contributed by atoms with van der Waals surface area (Å²) in [4.78, 5) is 12.6. The Kier molecular flexibility index (Phi) is 6.56. The molecule has 1 fully saturated rings. The van der Waals surface area contributed by atoms with E-state index in [0.29, 0.717) is 32.0 Å². The summed E-state index contributed by atoms with van der Waals surface area (Å²) in [7, 11) is -3.62. The van der Waals surface area contributed by atoms with E-state index in [0.717, 1.165) is 22.4 Å². The van der Waals surface area contributed by atoms with Crippen LogP contribution in [0.3, 0.4) is 0 Å². The number of anilines is 2. The maximum absolute atomic E-state index is 12.9. The molecule has 1 aliphatic rings. The molecule has 1 heterocycles. The molecule has 0 unspecified atom stereocenters. The smallest absolute Gasteiger partial charge is 0.243 e. The maximum Gasteiger partial charge on any atom is 0.243 e. The van der Waals surface area contributed by atoms with Gasteiger partial charge in [0.05, 0.1) is 24.7 Å². The molecular formula is C21H27N3O4S. The van der Waals surface area contributed by atoms with Crippen molar-refractivity contribution in [1.82, 2.24) is 4.31 Å². The van der Waals surface area contributed by atoms with Crippen molar-refractivity contribution in [3.63, 3.8) is 0 Å². The Morgan fingerprint density at radius 1 is 1.03 bits per heavy atom. The number of benzene rings is 2. The van der Waals surface area contributed by atoms with E-state index in [2.05, 4.69) is 10.6 Å². The summed E-state index contributed by atoms with van der Waals surface area (Å²) in [6.45, 7) is 7.37. The van der Waals surface area contributed by atoms with Crippen LogP contribution in [0.2, 0.25) is 0 Å². The Hall–Kier alpha value is -2.42. The van der Waals surface area contributed by atoms with Gasteiger partial charge in [-0.2, -0.15) is 4.31 Å². The molecule has 3 rings (SSSR count). The van der Waals surface area contributed by atoms with Crippen LogP contribution in [0.25, 0.3) is 0 Å². The van der Waals surface area contributed by atoms with Crippen molar-refractivity contribution in [3.8, 4) is 0 Å². The summed E-state index contributed by atoms with van der Waals surface area (Å²) in [5, 5.41) is 5.96. The van der Waals surface area contributed by atoms with Crippen molar-refractivity contribution in [2.24, 2.45) is 0 Å². The molecule has 0 spiro atoms. The standard InChI is InChI=1S/C21H27N3O4S/c1-15-5-4-6-19(17(15)3)22-14-21(25)23-20-13-18(8-7-16(20)2)29(26,27)24-9-11-28-12-10-24/h4-8,13,22H,9-12,14H2,1-3H3,(H,23,25). The summed E-state index contributed by atoms with van der Waals surface area (Å²) < 4.78 is 32.4. The number of sulfonamides is 1. The first-order chi connectivity index (χ1) is 13.8. The number of morpholine rings is 1. The van der Waals surface area contributed by atoms with Crippen molar-refractivity contribution in [2.75, 3.05) is 43.5 Å². The molecule has 1 aliphatic heterocycles. The van der Waals surface area contributed by atoms with Crippen LogP contribution in [-0.2, 0) is 19.6 Å². The van der Waals surface area contributed by atoms with Gasteiger partial charge in [-0.15, -0.1) is 0 Å². The number of rotatable bonds is 6. The minimum atomic E-state index is -3.62. The Morgan fingerprint density at radius 2 is 1.76 bits per heavy atom. The first kappa shape index (κ1) is 21.3. The highest BCUT2D eigenvalue weighted by molar-refractivity contribution is 7.89. The van der Waals surface area contributed by atoms with Crippen LogP contribution in [0.1, 0.15) is 16.7 Å². The summed E-state index contributed by atoms with van der Waals surface area (Å²) >= 11 is 0. The molecule has 0 aliphatic carbocycles. The van der Waals surface area contributed by atoms with Gasteiger partial charge in [-0.1, -0.05) is 18.2 Å². The van der Waals surface area contributed by atoms with Gasteiger partial charge in [0, 0.05) is 24.5 Å². The number of aryl methyl sites for hydroxylation is 2. The highest BCUT2D eigenvalue weighted by atomic mass is 32.2. The SMILES string of the molecule is Cc1ccc(S(=O)(=O)N2CCOCC2)cc1NC(=O)CNc1cccc(C)c1C. The third-order valence-corrected chi connectivity index (χ3v) is 7.03. The quantitative estimate of drug-likeness (QED) is 0.755. The van der Waals surface area contributed by atoms with Crippen LogP contribution in [0.15, 0.2) is 41.3 Å². The van der Waals surface area contributed by atoms with Gasteiger partial charge in [0.15, 0.2) is 0 Å². The average molecular weight is 418 g/mol. The molecule has 2 N–H and O–H groups in total. The molecule has 0 radical (unpaired) electrons. The van der Waals surface area contributed by atoms with Gasteiger partial charge in [0.25, 0.3) is 0 Å². The Labute approximate surface area is 172 Å². The molecule has 0 saturated carbocycles. The average Bonchev–Trinajstić information content (AvgIpc) is 2.71. The van der Waals surface area contributed by atoms with E-state index in [1.54, 1.807) is 12.1 Å². The van der Waals surface area contributed by atoms with Gasteiger partial charge in [0.1, 0.15) is 0 Å². The molecule has 0 atom stereocenters. The minimum absolute atomic E-state index is 0.0875. The van der Waals surface area contributed by atoms with E-state index in [4.69, 9.17) is 4.74 Å². The molecule has 156 valence electrons. The zero-order chi connectivity index (χ0) is 21.0. The third-order valence-electron chi connectivity index (χ3n) is 5.13. The van der Waals surface area contributed by atoms with Crippen LogP contribution in [0, 0.1) is 20.8 Å². The molecule has 2 aromatic rings. The third kappa shape index (κ3) is 4.95. The fourth-order valence-corrected chi connectivity index (χ4v) is 4.58. The van der Waals surface area contributed by atoms with Gasteiger partial charge in [-0.3, -0.25) is 4.79 Å². The second-order valence-electron chi connectivity index (χ2n) is 7.14. The Morgan fingerprint density at radius 3 is 2.48 bits per heavy atom. The molecule has 8 heteroatoms. The van der Waals surface area contributed by atoms with Gasteiger partial charge < -0.3 is 15.4 Å². The van der Waals surface area contributed by atoms with Crippen molar-refractivity contribution in [2.45, 2.75) is 25.7 Å². The second kappa shape index (κ2) is 8.94. The summed E-state index contributed by atoms with van der Waals surface area (Å²) in [5.41, 5.74) is 4.43. The van der Waals surface area contributed by atoms with E-state index in [1.807, 2.05) is 39.0 Å². The maximum atomic E-state index is 12.9. The largest absolute Gasteiger partial charge is 0.379 e. The highest BCUT2D eigenvalue weighted by Crippen LogP contribution is 2.24. The molecule has 29 heavy (non-hydrogen) atoms. The number of carbonyl (C=O) groups is 1. The fourth-order valence-electron chi connectivity index (χ4n) is 3.14. The van der Waals surface area contributed by atoms with E-state index in [-0.39, 0.29) is 17.3 Å². The van der Waals surface area contributed by atoms with Crippen LogP contribution in [0.4, 0.5) is 11.4 Å². The number of carbonyl (C=O) groups excluding carboxylic acids is 1. The predicted octanol–water partition coefficient (Wildman–Crippen LogP) is 2.68. The lowest BCUT2D eigenvalue weighted by Crippen LogP contribution is -2.40. The number of nitrogens with one attached hydrogen (secondary N) is 2. The summed E-state index contributed by atoms with van der Waals surface area (Å²) in [6.07, 6.45) is 0. The highest BCUT2D eigenvalue weighted by Gasteiger charge is 2.26. The van der Waals surface area contributed by atoms with Gasteiger partial charge in [0.2, 0.25) is 15.9 Å². The molecule has 7 nitrogen and oxygen atoms in total. The van der Waals surface area contributed by atoms with E-state index in [9.17, 15) is 13.2 Å². The number of hydrogen-bond acceptors (Lipinski definition) is 5. The zero-order valence-electron chi connectivity index (χ0n) is 17.0. The van der Waals surface area contributed by atoms with Gasteiger partial charge >= 0.3 is 0 Å². The number of amides is 1. The molecular weight excluding hydrogens is 390 g/mol. The lowest BCUT2D eigenvalue weighted by atomic mass is 10.1. The monoisotopic (exact) mass is 417 g/mol. The van der Waals surface area contributed by atoms with Crippen molar-refractivity contribution in [3.05, 3.63) is 53.1 Å². The second-order valence-corrected chi connectivity index (χ2v) is 9.08. The normalized spacial score (nSPS) is 15.1. The summed E-state index contributed by atoms with van der Waals surface area (Å²) in [6, 6.07) is 10.7. The Bertz CT molecular complexity index is 999. The molecule has 0 aromatic heterocycles. The molecule has 1 amide bonds. The summed E-state index contributed by atoms with van der Waals surface area (Å²) in [5.74, 6) is -0.241. The first-order valence-electron chi connectivity index (χ1n) is 9.57. The number of nitrogens with zero attached hydrogens (tertiary/aromatic N) is 1. The van der Waals surface area contributed by atoms with E-state index in [1.165, 1.54) is 10.4 Å². The first-order valence-corrected chi connectivity index (χ1v) is 11.0. The van der Waals surface area contributed by atoms with Crippen molar-refractivity contribution >= 4 is 27.3 Å². The van der Waals surface area contributed by atoms with Crippen molar-refractivity contribution < 1.29 is 17.9 Å². The lowest BCUT2D eigenvalue weighted by molar-refractivity contribution is -0.114. The van der Waals surface area contributed by atoms with Gasteiger partial charge in [-0.25, -0.2) is 8.42 Å². The molecule has 2 aromatic carbocycles. The zero-order valence-corrected chi connectivity index (χ0v) is 17.8. The predicted molar refractivity (Wildman–Crippen MR) is 114 cm³/mol. The Balaban J connectivity index is 1.71. The van der Waals surface area contributed by atoms with Crippen LogP contribution < -0.4 is 10.6 Å². The fraction of sp³-hybridized carbons (Fsp3) is 0.381. The van der Waals surface area contributed by atoms with Crippen LogP contribution >= 0.6 is 0 Å².